The van der Waals surface area contributed by atoms with Gasteiger partial charge < -0.3 is 15.0 Å². The number of carbonyl (C=O) groups excluding carboxylic acids is 2. The Kier molecular flexibility index (Phi) is 7.46. The summed E-state index contributed by atoms with van der Waals surface area (Å²) in [5.41, 5.74) is 0.478. The zero-order chi connectivity index (χ0) is 22.5. The quantitative estimate of drug-likeness (QED) is 0.459. The van der Waals surface area contributed by atoms with Crippen molar-refractivity contribution in [3.8, 4) is 0 Å². The number of hydrogen-bond donors (Lipinski definition) is 3. The van der Waals surface area contributed by atoms with Crippen LogP contribution in [0.4, 0.5) is 4.79 Å². The molecule has 1 fully saturated rings. The van der Waals surface area contributed by atoms with E-state index in [1.807, 2.05) is 0 Å². The summed E-state index contributed by atoms with van der Waals surface area (Å²) in [6.45, 7) is 6.59. The van der Waals surface area contributed by atoms with Crippen molar-refractivity contribution >= 4 is 27.9 Å². The topological polar surface area (TPSA) is 129 Å². The van der Waals surface area contributed by atoms with E-state index in [9.17, 15) is 18.0 Å². The Morgan fingerprint density at radius 2 is 1.73 bits per heavy atom. The summed E-state index contributed by atoms with van der Waals surface area (Å²) in [6.07, 6.45) is 2.45. The van der Waals surface area contributed by atoms with E-state index in [0.29, 0.717) is 18.7 Å². The number of likely N-dealkylation sites (tertiary alicyclic amines) is 1. The molecule has 0 saturated carbocycles. The standard InChI is InChI=1S/C20H30N4O5S/c1-20(2,3)29-19(26)22-16(18(25)24-11-5-6-12-24)13-14-7-9-15(10-8-14)17(21)23-30(4,27)28/h7-10,16H,5-6,11-13H2,1-4H3,(H2,21,23)(H,22,26)/t16-/m0/s1. The largest absolute Gasteiger partial charge is 0.444 e. The number of hydrogen-bond acceptors (Lipinski definition) is 6. The number of amidine groups is 1. The Morgan fingerprint density at radius 1 is 1.17 bits per heavy atom. The lowest BCUT2D eigenvalue weighted by atomic mass is 10.0. The van der Waals surface area contributed by atoms with Gasteiger partial charge in [-0.05, 0) is 39.2 Å². The second-order valence-corrected chi connectivity index (χ2v) is 10.1. The SMILES string of the molecule is CC(C)(C)OC(=O)N[C@@H](Cc1ccc(C(=N)NS(C)(=O)=O)cc1)C(=O)N1CCCC1. The number of sulfonamides is 1. The van der Waals surface area contributed by atoms with E-state index in [1.165, 1.54) is 0 Å². The van der Waals surface area contributed by atoms with Crippen molar-refractivity contribution in [3.05, 3.63) is 35.4 Å². The maximum absolute atomic E-state index is 12.9. The van der Waals surface area contributed by atoms with Gasteiger partial charge in [0.25, 0.3) is 0 Å². The lowest BCUT2D eigenvalue weighted by Gasteiger charge is -2.26. The van der Waals surface area contributed by atoms with Gasteiger partial charge in [0, 0.05) is 25.1 Å². The van der Waals surface area contributed by atoms with Crippen molar-refractivity contribution in [2.45, 2.75) is 51.7 Å². The fraction of sp³-hybridized carbons (Fsp3) is 0.550. The molecule has 2 rings (SSSR count). The van der Waals surface area contributed by atoms with Crippen LogP contribution in [0.25, 0.3) is 0 Å². The highest BCUT2D eigenvalue weighted by molar-refractivity contribution is 7.89. The molecular formula is C20H30N4O5S. The molecule has 10 heteroatoms. The first-order valence-electron chi connectivity index (χ1n) is 9.78. The third-order valence-corrected chi connectivity index (χ3v) is 4.95. The van der Waals surface area contributed by atoms with Gasteiger partial charge in [0.1, 0.15) is 17.5 Å². The fourth-order valence-electron chi connectivity index (χ4n) is 3.10. The molecule has 1 aliphatic rings. The van der Waals surface area contributed by atoms with Crippen LogP contribution in [-0.4, -0.2) is 62.1 Å². The van der Waals surface area contributed by atoms with Gasteiger partial charge in [-0.2, -0.15) is 0 Å². The third kappa shape index (κ3) is 7.66. The molecular weight excluding hydrogens is 408 g/mol. The number of rotatable bonds is 6. The van der Waals surface area contributed by atoms with E-state index in [4.69, 9.17) is 10.1 Å². The number of alkyl carbamates (subject to hydrolysis) is 1. The molecule has 1 aromatic rings. The Balaban J connectivity index is 2.13. The number of nitrogens with zero attached hydrogens (tertiary/aromatic N) is 1. The van der Waals surface area contributed by atoms with Crippen LogP contribution in [0.2, 0.25) is 0 Å². The molecule has 0 spiro atoms. The summed E-state index contributed by atoms with van der Waals surface area (Å²) < 4.78 is 30.0. The zero-order valence-corrected chi connectivity index (χ0v) is 18.6. The Morgan fingerprint density at radius 3 is 2.23 bits per heavy atom. The normalized spacial score (nSPS) is 15.4. The van der Waals surface area contributed by atoms with E-state index in [1.54, 1.807) is 49.9 Å². The Bertz CT molecular complexity index is 885. The summed E-state index contributed by atoms with van der Waals surface area (Å²) in [4.78, 5) is 26.9. The molecule has 3 N–H and O–H groups in total. The van der Waals surface area contributed by atoms with E-state index in [0.717, 1.165) is 24.7 Å². The van der Waals surface area contributed by atoms with E-state index < -0.39 is 27.8 Å². The van der Waals surface area contributed by atoms with Crippen LogP contribution in [0.5, 0.6) is 0 Å². The van der Waals surface area contributed by atoms with Crippen molar-refractivity contribution in [1.82, 2.24) is 14.9 Å². The first-order valence-corrected chi connectivity index (χ1v) is 11.7. The average molecular weight is 439 g/mol. The molecule has 166 valence electrons. The minimum atomic E-state index is -3.54. The molecule has 0 radical (unpaired) electrons. The van der Waals surface area contributed by atoms with Gasteiger partial charge in [0.15, 0.2) is 0 Å². The fourth-order valence-corrected chi connectivity index (χ4v) is 3.58. The number of ether oxygens (including phenoxy) is 1. The van der Waals surface area contributed by atoms with Crippen LogP contribution in [0, 0.1) is 5.41 Å². The molecule has 0 unspecified atom stereocenters. The molecule has 1 heterocycles. The summed E-state index contributed by atoms with van der Waals surface area (Å²) >= 11 is 0. The van der Waals surface area contributed by atoms with Crippen molar-refractivity contribution in [2.75, 3.05) is 19.3 Å². The molecule has 0 aliphatic carbocycles. The van der Waals surface area contributed by atoms with Crippen LogP contribution in [0.1, 0.15) is 44.7 Å². The van der Waals surface area contributed by atoms with Crippen molar-refractivity contribution in [2.24, 2.45) is 0 Å². The van der Waals surface area contributed by atoms with Gasteiger partial charge in [-0.1, -0.05) is 24.3 Å². The molecule has 1 aliphatic heterocycles. The number of amides is 2. The zero-order valence-electron chi connectivity index (χ0n) is 17.8. The second kappa shape index (κ2) is 9.46. The molecule has 0 bridgehead atoms. The first kappa shape index (κ1) is 23.7. The summed E-state index contributed by atoms with van der Waals surface area (Å²) in [6, 6.07) is 5.82. The van der Waals surface area contributed by atoms with Gasteiger partial charge in [-0.25, -0.2) is 13.2 Å². The smallest absolute Gasteiger partial charge is 0.408 e. The van der Waals surface area contributed by atoms with Crippen LogP contribution in [0.15, 0.2) is 24.3 Å². The average Bonchev–Trinajstić information content (AvgIpc) is 3.12. The number of carbonyl (C=O) groups is 2. The van der Waals surface area contributed by atoms with Crippen LogP contribution >= 0.6 is 0 Å². The molecule has 1 saturated heterocycles. The predicted octanol–water partition coefficient (Wildman–Crippen LogP) is 1.62. The maximum atomic E-state index is 12.9. The van der Waals surface area contributed by atoms with Gasteiger partial charge in [0.2, 0.25) is 15.9 Å². The predicted molar refractivity (Wildman–Crippen MR) is 114 cm³/mol. The molecule has 1 aromatic carbocycles. The molecule has 30 heavy (non-hydrogen) atoms. The molecule has 1 atom stereocenters. The molecule has 9 nitrogen and oxygen atoms in total. The van der Waals surface area contributed by atoms with Crippen LogP contribution in [0.3, 0.4) is 0 Å². The van der Waals surface area contributed by atoms with Gasteiger partial charge in [-0.3, -0.25) is 14.9 Å². The summed E-state index contributed by atoms with van der Waals surface area (Å²) in [5, 5.41) is 10.5. The molecule has 2 amide bonds. The maximum Gasteiger partial charge on any atom is 0.408 e. The Labute approximate surface area is 177 Å². The summed E-state index contributed by atoms with van der Waals surface area (Å²) in [5.74, 6) is -0.394. The highest BCUT2D eigenvalue weighted by atomic mass is 32.2. The Hall–Kier alpha value is -2.62. The lowest BCUT2D eigenvalue weighted by molar-refractivity contribution is -0.132. The van der Waals surface area contributed by atoms with Gasteiger partial charge in [-0.15, -0.1) is 0 Å². The van der Waals surface area contributed by atoms with Crippen LogP contribution in [-0.2, 0) is 26.0 Å². The van der Waals surface area contributed by atoms with Crippen molar-refractivity contribution in [3.63, 3.8) is 0 Å². The monoisotopic (exact) mass is 438 g/mol. The minimum absolute atomic E-state index is 0.158. The first-order chi connectivity index (χ1) is 13.8. The molecule has 0 aromatic heterocycles. The van der Waals surface area contributed by atoms with E-state index in [2.05, 4.69) is 10.0 Å². The number of benzene rings is 1. The minimum Gasteiger partial charge on any atom is -0.444 e. The highest BCUT2D eigenvalue weighted by Gasteiger charge is 2.29. The number of nitrogens with one attached hydrogen (secondary N) is 3. The van der Waals surface area contributed by atoms with Gasteiger partial charge in [0.05, 0.1) is 6.26 Å². The van der Waals surface area contributed by atoms with Crippen molar-refractivity contribution < 1.29 is 22.7 Å². The highest BCUT2D eigenvalue weighted by Crippen LogP contribution is 2.14. The third-order valence-electron chi connectivity index (χ3n) is 4.38. The lowest BCUT2D eigenvalue weighted by Crippen LogP contribution is -2.50. The summed E-state index contributed by atoms with van der Waals surface area (Å²) in [7, 11) is -3.54. The van der Waals surface area contributed by atoms with E-state index in [-0.39, 0.29) is 18.2 Å². The second-order valence-electron chi connectivity index (χ2n) is 8.38. The van der Waals surface area contributed by atoms with Gasteiger partial charge >= 0.3 is 6.09 Å². The van der Waals surface area contributed by atoms with E-state index >= 15 is 0 Å². The van der Waals surface area contributed by atoms with Crippen LogP contribution < -0.4 is 10.0 Å². The van der Waals surface area contributed by atoms with Crippen molar-refractivity contribution in [1.29, 1.82) is 5.41 Å².